The highest BCUT2D eigenvalue weighted by Gasteiger charge is 2.28. The number of aromatic nitrogens is 2. The molecule has 8 heteroatoms. The van der Waals surface area contributed by atoms with Gasteiger partial charge in [0.1, 0.15) is 6.61 Å². The van der Waals surface area contributed by atoms with Gasteiger partial charge in [0.25, 0.3) is 11.1 Å². The number of benzene rings is 1. The van der Waals surface area contributed by atoms with Gasteiger partial charge < -0.3 is 19.2 Å². The van der Waals surface area contributed by atoms with Crippen molar-refractivity contribution in [1.82, 2.24) is 15.5 Å². The highest BCUT2D eigenvalue weighted by Crippen LogP contribution is 2.36. The molecule has 2 atom stereocenters. The van der Waals surface area contributed by atoms with Crippen molar-refractivity contribution in [2.24, 2.45) is 0 Å². The van der Waals surface area contributed by atoms with Crippen LogP contribution in [0.3, 0.4) is 0 Å². The van der Waals surface area contributed by atoms with E-state index in [4.69, 9.17) is 13.9 Å². The second kappa shape index (κ2) is 6.91. The molecule has 1 aromatic carbocycles. The molecular weight excluding hydrogens is 318 g/mol. The lowest BCUT2D eigenvalue weighted by Crippen LogP contribution is -2.30. The van der Waals surface area contributed by atoms with Crippen molar-refractivity contribution in [3.8, 4) is 11.5 Å². The molecule has 1 aromatic heterocycles. The second-order valence-electron chi connectivity index (χ2n) is 4.93. The number of carbonyl (C=O) groups is 1. The third-order valence-corrected chi connectivity index (χ3v) is 4.14. The van der Waals surface area contributed by atoms with E-state index >= 15 is 0 Å². The number of hydrogen-bond donors (Lipinski definition) is 1. The zero-order chi connectivity index (χ0) is 16.2. The zero-order valence-corrected chi connectivity index (χ0v) is 13.6. The number of para-hydroxylation sites is 2. The van der Waals surface area contributed by atoms with Gasteiger partial charge in [0.15, 0.2) is 11.5 Å². The van der Waals surface area contributed by atoms with E-state index in [9.17, 15) is 4.79 Å². The fraction of sp³-hybridized carbons (Fsp3) is 0.400. The number of nitrogens with zero attached hydrogens (tertiary/aromatic N) is 2. The third-order valence-electron chi connectivity index (χ3n) is 3.20. The van der Waals surface area contributed by atoms with Gasteiger partial charge in [-0.2, -0.15) is 0 Å². The van der Waals surface area contributed by atoms with Crippen molar-refractivity contribution in [2.45, 2.75) is 30.4 Å². The molecule has 7 nitrogen and oxygen atoms in total. The molecule has 0 bridgehead atoms. The summed E-state index contributed by atoms with van der Waals surface area (Å²) in [5.41, 5.74) is 0. The molecule has 1 aliphatic rings. The monoisotopic (exact) mass is 335 g/mol. The predicted octanol–water partition coefficient (Wildman–Crippen LogP) is 2.20. The van der Waals surface area contributed by atoms with Gasteiger partial charge >= 0.3 is 0 Å². The van der Waals surface area contributed by atoms with Crippen molar-refractivity contribution in [3.63, 3.8) is 0 Å². The minimum Gasteiger partial charge on any atom is -0.485 e. The molecule has 23 heavy (non-hydrogen) atoms. The van der Waals surface area contributed by atoms with E-state index in [1.807, 2.05) is 31.2 Å². The summed E-state index contributed by atoms with van der Waals surface area (Å²) in [5, 5.41) is 10.7. The van der Waals surface area contributed by atoms with Gasteiger partial charge in [-0.25, -0.2) is 0 Å². The average molecular weight is 335 g/mol. The summed E-state index contributed by atoms with van der Waals surface area (Å²) < 4.78 is 17.0. The fourth-order valence-electron chi connectivity index (χ4n) is 2.06. The van der Waals surface area contributed by atoms with Crippen molar-refractivity contribution in [2.75, 3.05) is 13.2 Å². The van der Waals surface area contributed by atoms with Gasteiger partial charge in [-0.05, 0) is 26.0 Å². The second-order valence-corrected chi connectivity index (χ2v) is 6.22. The Labute approximate surface area is 137 Å². The molecular formula is C15H17N3O4S. The zero-order valence-electron chi connectivity index (χ0n) is 12.8. The fourth-order valence-corrected chi connectivity index (χ4v) is 2.78. The highest BCUT2D eigenvalue weighted by atomic mass is 32.2. The van der Waals surface area contributed by atoms with Crippen LogP contribution < -0.4 is 14.8 Å². The Hall–Kier alpha value is -2.22. The normalized spacial score (nSPS) is 17.6. The predicted molar refractivity (Wildman–Crippen MR) is 83.6 cm³/mol. The van der Waals surface area contributed by atoms with Crippen LogP contribution in [0.2, 0.25) is 0 Å². The Balaban J connectivity index is 1.65. The molecule has 3 rings (SSSR count). The number of nitrogens with one attached hydrogen (secondary N) is 1. The van der Waals surface area contributed by atoms with E-state index in [-0.39, 0.29) is 11.2 Å². The molecule has 1 amide bonds. The Morgan fingerprint density at radius 2 is 2.17 bits per heavy atom. The lowest BCUT2D eigenvalue weighted by molar-refractivity contribution is -0.120. The Morgan fingerprint density at radius 3 is 2.96 bits per heavy atom. The molecule has 0 radical (unpaired) electrons. The molecule has 0 aliphatic carbocycles. The minimum absolute atomic E-state index is 0.0663. The van der Waals surface area contributed by atoms with E-state index in [2.05, 4.69) is 15.5 Å². The number of carbonyl (C=O) groups excluding carboxylic acids is 1. The van der Waals surface area contributed by atoms with E-state index in [0.29, 0.717) is 35.8 Å². The number of ether oxygens (including phenoxy) is 2. The number of rotatable bonds is 5. The number of amides is 1. The molecule has 0 unspecified atom stereocenters. The standard InChI is InChI=1S/C15H17N3O4S/c1-3-16-13(19)9(2)23-15-18-17-14(22-15)12-8-20-10-6-4-5-7-11(10)21-12/h4-7,9,12H,3,8H2,1-2H3,(H,16,19)/t9-,12-/m1/s1. The van der Waals surface area contributed by atoms with Gasteiger partial charge in [0.2, 0.25) is 12.0 Å². The maximum atomic E-state index is 11.7. The lowest BCUT2D eigenvalue weighted by atomic mass is 10.2. The smallest absolute Gasteiger partial charge is 0.277 e. The van der Waals surface area contributed by atoms with Crippen LogP contribution in [0.4, 0.5) is 0 Å². The summed E-state index contributed by atoms with van der Waals surface area (Å²) in [6, 6.07) is 7.42. The van der Waals surface area contributed by atoms with Crippen LogP contribution in [0.5, 0.6) is 11.5 Å². The van der Waals surface area contributed by atoms with Gasteiger partial charge in [-0.15, -0.1) is 10.2 Å². The van der Waals surface area contributed by atoms with Crippen molar-refractivity contribution < 1.29 is 18.7 Å². The largest absolute Gasteiger partial charge is 0.485 e. The van der Waals surface area contributed by atoms with Gasteiger partial charge in [-0.1, -0.05) is 23.9 Å². The first-order chi connectivity index (χ1) is 11.2. The summed E-state index contributed by atoms with van der Waals surface area (Å²) >= 11 is 1.21. The first-order valence-corrected chi connectivity index (χ1v) is 8.21. The van der Waals surface area contributed by atoms with Crippen LogP contribution in [0, 0.1) is 0 Å². The molecule has 0 spiro atoms. The topological polar surface area (TPSA) is 86.5 Å². The van der Waals surface area contributed by atoms with E-state index in [1.165, 1.54) is 11.8 Å². The minimum atomic E-state index is -0.452. The number of thioether (sulfide) groups is 1. The summed E-state index contributed by atoms with van der Waals surface area (Å²) in [7, 11) is 0. The van der Waals surface area contributed by atoms with Crippen LogP contribution in [0.25, 0.3) is 0 Å². The number of hydrogen-bond acceptors (Lipinski definition) is 7. The Bertz CT molecular complexity index is 691. The van der Waals surface area contributed by atoms with Crippen molar-refractivity contribution >= 4 is 17.7 Å². The van der Waals surface area contributed by atoms with Gasteiger partial charge in [0, 0.05) is 6.54 Å². The van der Waals surface area contributed by atoms with Crippen LogP contribution >= 0.6 is 11.8 Å². The van der Waals surface area contributed by atoms with E-state index in [0.717, 1.165) is 0 Å². The molecule has 2 heterocycles. The SMILES string of the molecule is CCNC(=O)[C@@H](C)Sc1nnc([C@H]2COc3ccccc3O2)o1. The summed E-state index contributed by atoms with van der Waals surface area (Å²) in [5.74, 6) is 1.61. The summed E-state index contributed by atoms with van der Waals surface area (Å²) in [4.78, 5) is 11.7. The van der Waals surface area contributed by atoms with Crippen molar-refractivity contribution in [3.05, 3.63) is 30.2 Å². The maximum absolute atomic E-state index is 11.7. The van der Waals surface area contributed by atoms with Crippen LogP contribution in [-0.4, -0.2) is 34.5 Å². The van der Waals surface area contributed by atoms with Crippen LogP contribution in [0.1, 0.15) is 25.8 Å². The Kier molecular flexibility index (Phi) is 4.71. The molecule has 0 saturated heterocycles. The molecule has 122 valence electrons. The van der Waals surface area contributed by atoms with Crippen molar-refractivity contribution in [1.29, 1.82) is 0 Å². The first-order valence-electron chi connectivity index (χ1n) is 7.33. The van der Waals surface area contributed by atoms with Crippen LogP contribution in [0.15, 0.2) is 33.9 Å². The quantitative estimate of drug-likeness (QED) is 0.838. The van der Waals surface area contributed by atoms with Gasteiger partial charge in [0.05, 0.1) is 5.25 Å². The lowest BCUT2D eigenvalue weighted by Gasteiger charge is -2.23. The molecule has 0 fully saturated rings. The number of fused-ring (bicyclic) bond motifs is 1. The molecule has 2 aromatic rings. The molecule has 0 saturated carbocycles. The average Bonchev–Trinajstić information content (AvgIpc) is 3.03. The maximum Gasteiger partial charge on any atom is 0.277 e. The molecule has 1 N–H and O–H groups in total. The Morgan fingerprint density at radius 1 is 1.39 bits per heavy atom. The van der Waals surface area contributed by atoms with E-state index < -0.39 is 6.10 Å². The molecule has 1 aliphatic heterocycles. The first kappa shape index (κ1) is 15.7. The van der Waals surface area contributed by atoms with E-state index in [1.54, 1.807) is 6.92 Å². The highest BCUT2D eigenvalue weighted by molar-refractivity contribution is 8.00. The third kappa shape index (κ3) is 3.58. The summed E-state index contributed by atoms with van der Waals surface area (Å²) in [6.45, 7) is 4.55. The van der Waals surface area contributed by atoms with Gasteiger partial charge in [-0.3, -0.25) is 4.79 Å². The summed E-state index contributed by atoms with van der Waals surface area (Å²) in [6.07, 6.45) is -0.452. The van der Waals surface area contributed by atoms with Crippen LogP contribution in [-0.2, 0) is 4.79 Å².